The first-order chi connectivity index (χ1) is 11.6. The minimum atomic E-state index is 0.141. The van der Waals surface area contributed by atoms with Crippen molar-refractivity contribution in [1.29, 1.82) is 0 Å². The average Bonchev–Trinajstić information content (AvgIpc) is 3.03. The molecule has 1 aromatic rings. The highest BCUT2D eigenvalue weighted by atomic mass is 16.5. The van der Waals surface area contributed by atoms with Gasteiger partial charge in [-0.05, 0) is 45.3 Å². The standard InChI is InChI=1S/C18H31N5O/c1-5-23-10-6-7-16(23)13-22-18(19-4)21-12-15-8-9-17(20-11-15)24-14(2)3/h8-9,11,14,16H,5-7,10,12-13H2,1-4H3,(H2,19,21,22). The molecule has 2 heterocycles. The van der Waals surface area contributed by atoms with Crippen LogP contribution in [0.4, 0.5) is 0 Å². The van der Waals surface area contributed by atoms with Crippen LogP contribution in [0.5, 0.6) is 5.88 Å². The quantitative estimate of drug-likeness (QED) is 0.590. The number of rotatable bonds is 7. The van der Waals surface area contributed by atoms with Crippen LogP contribution in [0.25, 0.3) is 0 Å². The van der Waals surface area contributed by atoms with Crippen molar-refractivity contribution in [3.05, 3.63) is 23.9 Å². The Morgan fingerprint density at radius 3 is 2.88 bits per heavy atom. The van der Waals surface area contributed by atoms with Crippen LogP contribution in [0.2, 0.25) is 0 Å². The Kier molecular flexibility index (Phi) is 7.31. The molecule has 2 N–H and O–H groups in total. The summed E-state index contributed by atoms with van der Waals surface area (Å²) in [6.45, 7) is 10.2. The zero-order valence-electron chi connectivity index (χ0n) is 15.4. The highest BCUT2D eigenvalue weighted by molar-refractivity contribution is 5.79. The monoisotopic (exact) mass is 333 g/mol. The molecule has 1 aliphatic rings. The first-order valence-corrected chi connectivity index (χ1v) is 8.92. The van der Waals surface area contributed by atoms with E-state index in [1.807, 2.05) is 32.2 Å². The molecule has 1 unspecified atom stereocenters. The largest absolute Gasteiger partial charge is 0.475 e. The van der Waals surface area contributed by atoms with Gasteiger partial charge in [0.05, 0.1) is 6.10 Å². The van der Waals surface area contributed by atoms with Gasteiger partial charge >= 0.3 is 0 Å². The number of hydrogen-bond acceptors (Lipinski definition) is 4. The van der Waals surface area contributed by atoms with Crippen LogP contribution >= 0.6 is 0 Å². The summed E-state index contributed by atoms with van der Waals surface area (Å²) < 4.78 is 5.56. The predicted molar refractivity (Wildman–Crippen MR) is 98.5 cm³/mol. The number of hydrogen-bond donors (Lipinski definition) is 2. The summed E-state index contributed by atoms with van der Waals surface area (Å²) in [5.74, 6) is 1.50. The van der Waals surface area contributed by atoms with E-state index in [2.05, 4.69) is 32.4 Å². The van der Waals surface area contributed by atoms with E-state index in [0.29, 0.717) is 18.5 Å². The van der Waals surface area contributed by atoms with Crippen LogP contribution in [0.3, 0.4) is 0 Å². The summed E-state index contributed by atoms with van der Waals surface area (Å²) in [5, 5.41) is 6.78. The van der Waals surface area contributed by atoms with Gasteiger partial charge in [-0.25, -0.2) is 4.98 Å². The van der Waals surface area contributed by atoms with E-state index in [0.717, 1.165) is 24.6 Å². The molecule has 1 fully saturated rings. The summed E-state index contributed by atoms with van der Waals surface area (Å²) in [6, 6.07) is 4.55. The zero-order chi connectivity index (χ0) is 17.4. The molecule has 24 heavy (non-hydrogen) atoms. The Labute approximate surface area is 145 Å². The summed E-state index contributed by atoms with van der Waals surface area (Å²) in [4.78, 5) is 11.2. The van der Waals surface area contributed by atoms with Crippen LogP contribution in [0.1, 0.15) is 39.2 Å². The summed E-state index contributed by atoms with van der Waals surface area (Å²) >= 11 is 0. The normalized spacial score (nSPS) is 18.9. The van der Waals surface area contributed by atoms with E-state index in [9.17, 15) is 0 Å². The molecular formula is C18H31N5O. The molecule has 6 nitrogen and oxygen atoms in total. The van der Waals surface area contributed by atoms with Gasteiger partial charge in [0.15, 0.2) is 5.96 Å². The van der Waals surface area contributed by atoms with Gasteiger partial charge in [-0.1, -0.05) is 13.0 Å². The molecule has 6 heteroatoms. The molecule has 0 bridgehead atoms. The van der Waals surface area contributed by atoms with Crippen molar-refractivity contribution in [3.8, 4) is 5.88 Å². The number of aromatic nitrogens is 1. The van der Waals surface area contributed by atoms with Gasteiger partial charge in [0, 0.05) is 38.4 Å². The van der Waals surface area contributed by atoms with Crippen LogP contribution in [-0.4, -0.2) is 54.7 Å². The SMILES string of the molecule is CCN1CCCC1CNC(=NC)NCc1ccc(OC(C)C)nc1. The second-order valence-corrected chi connectivity index (χ2v) is 6.40. The number of nitrogens with one attached hydrogen (secondary N) is 2. The molecule has 0 aromatic carbocycles. The van der Waals surface area contributed by atoms with E-state index in [4.69, 9.17) is 4.74 Å². The molecule has 0 aliphatic carbocycles. The highest BCUT2D eigenvalue weighted by Crippen LogP contribution is 2.15. The second-order valence-electron chi connectivity index (χ2n) is 6.40. The number of nitrogens with zero attached hydrogens (tertiary/aromatic N) is 3. The summed E-state index contributed by atoms with van der Waals surface area (Å²) in [6.07, 6.45) is 4.54. The lowest BCUT2D eigenvalue weighted by atomic mass is 10.2. The van der Waals surface area contributed by atoms with Gasteiger partial charge in [0.2, 0.25) is 5.88 Å². The lowest BCUT2D eigenvalue weighted by molar-refractivity contribution is 0.232. The van der Waals surface area contributed by atoms with E-state index >= 15 is 0 Å². The maximum atomic E-state index is 5.56. The number of guanidine groups is 1. The van der Waals surface area contributed by atoms with Gasteiger partial charge in [-0.15, -0.1) is 0 Å². The zero-order valence-corrected chi connectivity index (χ0v) is 15.4. The maximum absolute atomic E-state index is 5.56. The van der Waals surface area contributed by atoms with E-state index < -0.39 is 0 Å². The van der Waals surface area contributed by atoms with Crippen molar-refractivity contribution in [2.75, 3.05) is 26.7 Å². The Balaban J connectivity index is 1.77. The predicted octanol–water partition coefficient (Wildman–Crippen LogP) is 2.02. The fourth-order valence-electron chi connectivity index (χ4n) is 2.99. The third kappa shape index (κ3) is 5.67. The molecule has 0 saturated carbocycles. The molecule has 2 rings (SSSR count). The first kappa shape index (κ1) is 18.5. The molecule has 0 amide bonds. The van der Waals surface area contributed by atoms with Crippen molar-refractivity contribution >= 4 is 5.96 Å². The fraction of sp³-hybridized carbons (Fsp3) is 0.667. The van der Waals surface area contributed by atoms with Crippen molar-refractivity contribution in [3.63, 3.8) is 0 Å². The number of ether oxygens (including phenoxy) is 1. The van der Waals surface area contributed by atoms with Crippen LogP contribution < -0.4 is 15.4 Å². The minimum absolute atomic E-state index is 0.141. The van der Waals surface area contributed by atoms with E-state index in [-0.39, 0.29) is 6.10 Å². The van der Waals surface area contributed by atoms with Gasteiger partial charge < -0.3 is 15.4 Å². The second kappa shape index (κ2) is 9.47. The van der Waals surface area contributed by atoms with Crippen molar-refractivity contribution < 1.29 is 4.74 Å². The number of aliphatic imine (C=N–C) groups is 1. The third-order valence-corrected chi connectivity index (χ3v) is 4.25. The summed E-state index contributed by atoms with van der Waals surface area (Å²) in [5.41, 5.74) is 1.10. The van der Waals surface area contributed by atoms with Crippen molar-refractivity contribution in [1.82, 2.24) is 20.5 Å². The Morgan fingerprint density at radius 2 is 2.25 bits per heavy atom. The van der Waals surface area contributed by atoms with E-state index in [1.165, 1.54) is 19.4 Å². The molecule has 1 aromatic heterocycles. The number of likely N-dealkylation sites (N-methyl/N-ethyl adjacent to an activating group) is 1. The first-order valence-electron chi connectivity index (χ1n) is 8.92. The van der Waals surface area contributed by atoms with Gasteiger partial charge in [-0.2, -0.15) is 0 Å². The maximum Gasteiger partial charge on any atom is 0.213 e. The summed E-state index contributed by atoms with van der Waals surface area (Å²) in [7, 11) is 1.80. The minimum Gasteiger partial charge on any atom is -0.475 e. The molecule has 134 valence electrons. The van der Waals surface area contributed by atoms with Crippen molar-refractivity contribution in [2.24, 2.45) is 4.99 Å². The smallest absolute Gasteiger partial charge is 0.213 e. The fourth-order valence-corrected chi connectivity index (χ4v) is 2.99. The molecule has 1 atom stereocenters. The van der Waals surface area contributed by atoms with Crippen LogP contribution in [0.15, 0.2) is 23.3 Å². The molecule has 1 aliphatic heterocycles. The molecule has 0 spiro atoms. The van der Waals surface area contributed by atoms with Crippen LogP contribution in [-0.2, 0) is 6.54 Å². The highest BCUT2D eigenvalue weighted by Gasteiger charge is 2.22. The number of pyridine rings is 1. The van der Waals surface area contributed by atoms with Gasteiger partial charge in [0.1, 0.15) is 0 Å². The topological polar surface area (TPSA) is 61.8 Å². The molecular weight excluding hydrogens is 302 g/mol. The average molecular weight is 333 g/mol. The lowest BCUT2D eigenvalue weighted by Crippen LogP contribution is -2.44. The van der Waals surface area contributed by atoms with Crippen LogP contribution in [0, 0.1) is 0 Å². The lowest BCUT2D eigenvalue weighted by Gasteiger charge is -2.24. The molecule has 1 saturated heterocycles. The van der Waals surface area contributed by atoms with Gasteiger partial charge in [0.25, 0.3) is 0 Å². The van der Waals surface area contributed by atoms with Gasteiger partial charge in [-0.3, -0.25) is 9.89 Å². The number of likely N-dealkylation sites (tertiary alicyclic amines) is 1. The third-order valence-electron chi connectivity index (χ3n) is 4.25. The Hall–Kier alpha value is -1.82. The Bertz CT molecular complexity index is 515. The Morgan fingerprint density at radius 1 is 1.42 bits per heavy atom. The van der Waals surface area contributed by atoms with E-state index in [1.54, 1.807) is 7.05 Å². The van der Waals surface area contributed by atoms with Crippen molar-refractivity contribution in [2.45, 2.75) is 52.3 Å². The molecule has 0 radical (unpaired) electrons.